The van der Waals surface area contributed by atoms with E-state index in [1.807, 2.05) is 24.3 Å². The van der Waals surface area contributed by atoms with Crippen molar-refractivity contribution < 1.29 is 9.57 Å². The third-order valence-electron chi connectivity index (χ3n) is 4.05. The maximum Gasteiger partial charge on any atom is 0.198 e. The van der Waals surface area contributed by atoms with Crippen LogP contribution in [0.3, 0.4) is 0 Å². The molecule has 0 saturated carbocycles. The second-order valence-corrected chi connectivity index (χ2v) is 5.46. The van der Waals surface area contributed by atoms with Gasteiger partial charge in [-0.25, -0.2) is 15.0 Å². The number of ether oxygens (including phenoxy) is 1. The SMILES string of the molecule is COn1c(-c2cccnc2N)nc2ccc(N3CCOCC3)nc21. The lowest BCUT2D eigenvalue weighted by Gasteiger charge is -2.27. The standard InChI is InChI=1S/C16H18N6O2/c1-23-22-15(11-3-2-6-18-14(11)17)19-12-4-5-13(20-16(12)22)21-7-9-24-10-8-21/h2-6H,7-10H2,1H3,(H2,17,18). The predicted molar refractivity (Wildman–Crippen MR) is 90.7 cm³/mol. The lowest BCUT2D eigenvalue weighted by Crippen LogP contribution is -2.36. The van der Waals surface area contributed by atoms with E-state index < -0.39 is 0 Å². The maximum atomic E-state index is 5.98. The number of nitrogens with zero attached hydrogens (tertiary/aromatic N) is 5. The van der Waals surface area contributed by atoms with E-state index in [1.54, 1.807) is 18.0 Å². The van der Waals surface area contributed by atoms with Crippen molar-refractivity contribution in [3.63, 3.8) is 0 Å². The molecule has 124 valence electrons. The van der Waals surface area contributed by atoms with Crippen molar-refractivity contribution in [2.24, 2.45) is 0 Å². The van der Waals surface area contributed by atoms with Gasteiger partial charge in [0, 0.05) is 19.3 Å². The van der Waals surface area contributed by atoms with E-state index in [9.17, 15) is 0 Å². The number of hydrogen-bond donors (Lipinski definition) is 1. The van der Waals surface area contributed by atoms with Crippen molar-refractivity contribution >= 4 is 22.8 Å². The van der Waals surface area contributed by atoms with Gasteiger partial charge in [0.25, 0.3) is 0 Å². The topological polar surface area (TPSA) is 91.3 Å². The van der Waals surface area contributed by atoms with Crippen molar-refractivity contribution in [1.29, 1.82) is 0 Å². The normalized spacial score (nSPS) is 15.0. The van der Waals surface area contributed by atoms with Crippen LogP contribution in [0.1, 0.15) is 0 Å². The first kappa shape index (κ1) is 14.7. The molecule has 0 unspecified atom stereocenters. The Kier molecular flexibility index (Phi) is 3.66. The summed E-state index contributed by atoms with van der Waals surface area (Å²) in [6.45, 7) is 3.06. The van der Waals surface area contributed by atoms with Crippen molar-refractivity contribution in [1.82, 2.24) is 19.7 Å². The molecule has 1 aliphatic heterocycles. The van der Waals surface area contributed by atoms with Gasteiger partial charge >= 0.3 is 0 Å². The molecule has 8 nitrogen and oxygen atoms in total. The van der Waals surface area contributed by atoms with Crippen LogP contribution >= 0.6 is 0 Å². The van der Waals surface area contributed by atoms with Crippen LogP contribution in [0, 0.1) is 0 Å². The van der Waals surface area contributed by atoms with Crippen LogP contribution in [-0.4, -0.2) is 53.1 Å². The van der Waals surface area contributed by atoms with Gasteiger partial charge in [-0.3, -0.25) is 0 Å². The Morgan fingerprint density at radius 1 is 1.17 bits per heavy atom. The van der Waals surface area contributed by atoms with Gasteiger partial charge in [0.05, 0.1) is 18.8 Å². The molecule has 0 bridgehead atoms. The van der Waals surface area contributed by atoms with Crippen molar-refractivity contribution in [3.8, 4) is 11.4 Å². The zero-order valence-electron chi connectivity index (χ0n) is 13.3. The Hall–Kier alpha value is -2.87. The Balaban J connectivity index is 1.84. The summed E-state index contributed by atoms with van der Waals surface area (Å²) in [5, 5.41) is 0. The Morgan fingerprint density at radius 2 is 2.00 bits per heavy atom. The average molecular weight is 326 g/mol. The van der Waals surface area contributed by atoms with Crippen LogP contribution in [-0.2, 0) is 4.74 Å². The molecule has 1 fully saturated rings. The molecule has 0 amide bonds. The highest BCUT2D eigenvalue weighted by molar-refractivity contribution is 5.81. The Bertz CT molecular complexity index is 872. The predicted octanol–water partition coefficient (Wildman–Crippen LogP) is 0.971. The van der Waals surface area contributed by atoms with Crippen LogP contribution < -0.4 is 15.5 Å². The molecule has 4 rings (SSSR count). The molecule has 0 spiro atoms. The van der Waals surface area contributed by atoms with Gasteiger partial charge < -0.3 is 20.2 Å². The molecule has 0 aromatic carbocycles. The molecular weight excluding hydrogens is 308 g/mol. The summed E-state index contributed by atoms with van der Waals surface area (Å²) in [7, 11) is 1.58. The van der Waals surface area contributed by atoms with Gasteiger partial charge in [-0.1, -0.05) is 0 Å². The summed E-state index contributed by atoms with van der Waals surface area (Å²) in [4.78, 5) is 21.2. The fourth-order valence-electron chi connectivity index (χ4n) is 2.85. The highest BCUT2D eigenvalue weighted by Gasteiger charge is 2.19. The third kappa shape index (κ3) is 2.41. The second-order valence-electron chi connectivity index (χ2n) is 5.46. The summed E-state index contributed by atoms with van der Waals surface area (Å²) in [5.41, 5.74) is 8.09. The van der Waals surface area contributed by atoms with Crippen molar-refractivity contribution in [3.05, 3.63) is 30.5 Å². The first-order valence-corrected chi connectivity index (χ1v) is 7.75. The van der Waals surface area contributed by atoms with Gasteiger partial charge in [0.15, 0.2) is 11.5 Å². The van der Waals surface area contributed by atoms with Crippen LogP contribution in [0.25, 0.3) is 22.6 Å². The fourth-order valence-corrected chi connectivity index (χ4v) is 2.85. The van der Waals surface area contributed by atoms with Crippen molar-refractivity contribution in [2.45, 2.75) is 0 Å². The molecule has 1 saturated heterocycles. The molecule has 1 aliphatic rings. The summed E-state index contributed by atoms with van der Waals surface area (Å²) >= 11 is 0. The molecule has 2 N–H and O–H groups in total. The number of fused-ring (bicyclic) bond motifs is 1. The molecule has 0 atom stereocenters. The molecule has 8 heteroatoms. The van der Waals surface area contributed by atoms with Gasteiger partial charge in [-0.05, 0) is 24.3 Å². The Labute approximate surface area is 138 Å². The number of hydrogen-bond acceptors (Lipinski definition) is 7. The average Bonchev–Trinajstić information content (AvgIpc) is 3.00. The van der Waals surface area contributed by atoms with E-state index >= 15 is 0 Å². The summed E-state index contributed by atoms with van der Waals surface area (Å²) in [6.07, 6.45) is 1.65. The number of rotatable bonds is 3. The van der Waals surface area contributed by atoms with E-state index in [1.165, 1.54) is 0 Å². The minimum atomic E-state index is 0.402. The smallest absolute Gasteiger partial charge is 0.198 e. The zero-order chi connectivity index (χ0) is 16.5. The summed E-state index contributed by atoms with van der Waals surface area (Å²) in [5.74, 6) is 1.87. The lowest BCUT2D eigenvalue weighted by molar-refractivity contribution is 0.122. The van der Waals surface area contributed by atoms with Crippen LogP contribution in [0.5, 0.6) is 0 Å². The van der Waals surface area contributed by atoms with Crippen molar-refractivity contribution in [2.75, 3.05) is 44.0 Å². The fraction of sp³-hybridized carbons (Fsp3) is 0.312. The minimum Gasteiger partial charge on any atom is -0.413 e. The van der Waals surface area contributed by atoms with E-state index in [0.717, 1.165) is 24.4 Å². The van der Waals surface area contributed by atoms with Crippen LogP contribution in [0.15, 0.2) is 30.5 Å². The second kappa shape index (κ2) is 5.97. The highest BCUT2D eigenvalue weighted by atomic mass is 16.6. The van der Waals surface area contributed by atoms with Gasteiger partial charge in [0.2, 0.25) is 0 Å². The van der Waals surface area contributed by atoms with E-state index in [0.29, 0.717) is 36.1 Å². The molecule has 0 radical (unpaired) electrons. The van der Waals surface area contributed by atoms with Gasteiger partial charge in [0.1, 0.15) is 24.3 Å². The molecule has 4 heterocycles. The van der Waals surface area contributed by atoms with E-state index in [-0.39, 0.29) is 0 Å². The number of nitrogen functional groups attached to an aromatic ring is 1. The van der Waals surface area contributed by atoms with Gasteiger partial charge in [-0.15, -0.1) is 4.73 Å². The first-order valence-electron chi connectivity index (χ1n) is 7.75. The minimum absolute atomic E-state index is 0.402. The monoisotopic (exact) mass is 326 g/mol. The first-order chi connectivity index (χ1) is 11.8. The quantitative estimate of drug-likeness (QED) is 0.767. The third-order valence-corrected chi connectivity index (χ3v) is 4.05. The largest absolute Gasteiger partial charge is 0.413 e. The molecule has 3 aromatic rings. The molecule has 3 aromatic heterocycles. The van der Waals surface area contributed by atoms with Crippen LogP contribution in [0.2, 0.25) is 0 Å². The summed E-state index contributed by atoms with van der Waals surface area (Å²) < 4.78 is 6.99. The number of aromatic nitrogens is 4. The molecule has 0 aliphatic carbocycles. The zero-order valence-corrected chi connectivity index (χ0v) is 13.3. The Morgan fingerprint density at radius 3 is 2.75 bits per heavy atom. The number of imidazole rings is 1. The molecule has 24 heavy (non-hydrogen) atoms. The van der Waals surface area contributed by atoms with E-state index in [2.05, 4.69) is 14.9 Å². The number of anilines is 2. The number of pyridine rings is 2. The van der Waals surface area contributed by atoms with Gasteiger partial charge in [-0.2, -0.15) is 0 Å². The number of morpholine rings is 1. The molecular formula is C16H18N6O2. The van der Waals surface area contributed by atoms with Crippen LogP contribution in [0.4, 0.5) is 11.6 Å². The summed E-state index contributed by atoms with van der Waals surface area (Å²) in [6, 6.07) is 7.59. The highest BCUT2D eigenvalue weighted by Crippen LogP contribution is 2.27. The lowest BCUT2D eigenvalue weighted by atomic mass is 10.2. The maximum absolute atomic E-state index is 5.98. The van der Waals surface area contributed by atoms with E-state index in [4.69, 9.17) is 20.3 Å². The number of nitrogens with two attached hydrogens (primary N) is 1.